The summed E-state index contributed by atoms with van der Waals surface area (Å²) in [4.78, 5) is 102. The van der Waals surface area contributed by atoms with Crippen LogP contribution in [0.4, 0.5) is 0 Å². The summed E-state index contributed by atoms with van der Waals surface area (Å²) in [5.74, 6) is -5.10. The number of aromatic nitrogens is 2. The summed E-state index contributed by atoms with van der Waals surface area (Å²) in [5.41, 5.74) is 4.00. The van der Waals surface area contributed by atoms with Gasteiger partial charge in [-0.05, 0) is 33.4 Å². The van der Waals surface area contributed by atoms with Gasteiger partial charge in [0, 0.05) is 50.2 Å². The molecule has 21 nitrogen and oxygen atoms in total. The van der Waals surface area contributed by atoms with Gasteiger partial charge in [0.1, 0.15) is 13.2 Å². The van der Waals surface area contributed by atoms with Crippen LogP contribution in [-0.4, -0.2) is 90.6 Å². The van der Waals surface area contributed by atoms with Gasteiger partial charge in [-0.1, -0.05) is 210 Å². The fourth-order valence-corrected chi connectivity index (χ4v) is 9.02. The number of hydrogen-bond acceptors (Lipinski definition) is 16. The molecule has 2 atom stereocenters. The zero-order valence-electron chi connectivity index (χ0n) is 52.5. The Morgan fingerprint density at radius 1 is 0.409 bits per heavy atom. The lowest BCUT2D eigenvalue weighted by Gasteiger charge is -2.23. The SMILES string of the molecule is CC.CC.O=C(O)c1c(OCc2ccccc2)c(=O)ccn1CC(COCc1ccccc1)OCc1ccccc1.O=C(ON1C(=O)CCC1=O)c1c(OCc2ccccc2)c(=O)ccn1CC(COCc1ccccc1)OCc1ccccc1.O=C1CCC(=O)N1O. The highest BCUT2D eigenvalue weighted by molar-refractivity contribution is 6.03. The van der Waals surface area contributed by atoms with E-state index in [1.807, 2.05) is 210 Å². The molecule has 488 valence electrons. The molecule has 8 aromatic rings. The van der Waals surface area contributed by atoms with Gasteiger partial charge in [-0.15, -0.1) is 5.06 Å². The van der Waals surface area contributed by atoms with Crippen molar-refractivity contribution in [2.24, 2.45) is 0 Å². The molecule has 0 bridgehead atoms. The Labute approximate surface area is 539 Å². The van der Waals surface area contributed by atoms with E-state index in [4.69, 9.17) is 38.5 Å². The Kier molecular flexibility index (Phi) is 30.3. The van der Waals surface area contributed by atoms with Crippen LogP contribution < -0.4 is 20.3 Å². The third kappa shape index (κ3) is 23.2. The molecule has 2 aromatic heterocycles. The fourth-order valence-electron chi connectivity index (χ4n) is 9.02. The number of ether oxygens (including phenoxy) is 6. The monoisotopic (exact) mass is 1270 g/mol. The van der Waals surface area contributed by atoms with E-state index < -0.39 is 58.6 Å². The van der Waals surface area contributed by atoms with Crippen LogP contribution >= 0.6 is 0 Å². The van der Waals surface area contributed by atoms with Crippen LogP contribution in [0.15, 0.2) is 216 Å². The Balaban J connectivity index is 0.000000253. The second kappa shape index (κ2) is 39.2. The molecule has 2 N–H and O–H groups in total. The zero-order valence-corrected chi connectivity index (χ0v) is 52.5. The van der Waals surface area contributed by atoms with Crippen LogP contribution in [0.2, 0.25) is 0 Å². The summed E-state index contributed by atoms with van der Waals surface area (Å²) in [6.07, 6.45) is 1.98. The largest absolute Gasteiger partial charge is 0.482 e. The van der Waals surface area contributed by atoms with Crippen LogP contribution in [0.3, 0.4) is 0 Å². The average molecular weight is 1270 g/mol. The van der Waals surface area contributed by atoms with E-state index >= 15 is 0 Å². The number of pyridine rings is 2. The van der Waals surface area contributed by atoms with Gasteiger partial charge in [-0.3, -0.25) is 34.0 Å². The molecule has 2 aliphatic rings. The van der Waals surface area contributed by atoms with Crippen LogP contribution in [0, 0.1) is 0 Å². The van der Waals surface area contributed by atoms with Gasteiger partial charge >= 0.3 is 11.9 Å². The molecule has 10 rings (SSSR count). The quantitative estimate of drug-likeness (QED) is 0.0358. The first kappa shape index (κ1) is 71.9. The molecule has 6 aromatic carbocycles. The second-order valence-electron chi connectivity index (χ2n) is 20.3. The summed E-state index contributed by atoms with van der Waals surface area (Å²) in [7, 11) is 0. The first-order valence-corrected chi connectivity index (χ1v) is 30.5. The highest BCUT2D eigenvalue weighted by Gasteiger charge is 2.36. The van der Waals surface area contributed by atoms with Gasteiger partial charge in [0.25, 0.3) is 23.6 Å². The summed E-state index contributed by atoms with van der Waals surface area (Å²) < 4.78 is 38.9. The molecule has 0 saturated carbocycles. The molecular formula is C72H78N4O17. The van der Waals surface area contributed by atoms with E-state index in [-0.39, 0.29) is 99.8 Å². The Morgan fingerprint density at radius 2 is 0.710 bits per heavy atom. The Hall–Kier alpha value is -10.2. The molecule has 2 saturated heterocycles. The predicted molar refractivity (Wildman–Crippen MR) is 344 cm³/mol. The number of hydroxylamine groups is 4. The summed E-state index contributed by atoms with van der Waals surface area (Å²) in [6, 6.07) is 59.7. The summed E-state index contributed by atoms with van der Waals surface area (Å²) in [6.45, 7) is 10.0. The number of amides is 4. The molecule has 0 aliphatic carbocycles. The maximum absolute atomic E-state index is 13.6. The Morgan fingerprint density at radius 3 is 1.03 bits per heavy atom. The van der Waals surface area contributed by atoms with Gasteiger partial charge in [0.15, 0.2) is 22.9 Å². The van der Waals surface area contributed by atoms with Gasteiger partial charge in [-0.2, -0.15) is 5.06 Å². The van der Waals surface area contributed by atoms with Gasteiger partial charge in [-0.25, -0.2) is 9.59 Å². The number of carbonyl (C=O) groups excluding carboxylic acids is 5. The minimum atomic E-state index is -1.26. The first-order valence-electron chi connectivity index (χ1n) is 30.5. The van der Waals surface area contributed by atoms with Crippen molar-refractivity contribution < 1.29 is 72.3 Å². The third-order valence-electron chi connectivity index (χ3n) is 13.6. The second-order valence-corrected chi connectivity index (χ2v) is 20.3. The van der Waals surface area contributed by atoms with Crippen molar-refractivity contribution in [2.45, 2.75) is 118 Å². The lowest BCUT2D eigenvalue weighted by Crippen LogP contribution is -2.35. The predicted octanol–water partition coefficient (Wildman–Crippen LogP) is 11.0. The Bertz CT molecular complexity index is 3690. The van der Waals surface area contributed by atoms with Crippen LogP contribution in [0.5, 0.6) is 11.5 Å². The molecule has 0 radical (unpaired) electrons. The highest BCUT2D eigenvalue weighted by atomic mass is 16.7. The van der Waals surface area contributed by atoms with Gasteiger partial charge in [0.2, 0.25) is 10.9 Å². The number of carboxylic acid groups (broad SMARTS) is 1. The molecule has 2 aliphatic heterocycles. The standard InChI is InChI=1S/C34H32N2O8.C30H29NO6.C4H5NO3.2C2H6/c37-29-18-19-35(20-28(42-22-26-12-6-2-7-13-26)24-41-21-25-10-4-1-5-11-25)32(33(29)43-23-27-14-8-3-9-15-27)34(40)44-36-30(38)16-17-31(36)39;32-27-16-17-31(28(30(33)34)29(27)37-21-25-14-8-3-9-15-25)18-26(36-20-24-12-6-2-7-13-24)22-35-19-23-10-4-1-5-11-23;6-3-1-2-4(7)5(3)8;2*1-2/h1-15,18-19,28H,16-17,20-24H2;1-17,26H,18-22H2,(H,33,34);8H,1-2H2;2*1-2H3. The molecule has 4 amide bonds. The topological polar surface area (TPSA) is 258 Å². The number of nitrogens with zero attached hydrogens (tertiary/aromatic N) is 4. The van der Waals surface area contributed by atoms with E-state index in [1.165, 1.54) is 33.7 Å². The zero-order chi connectivity index (χ0) is 66.7. The van der Waals surface area contributed by atoms with E-state index in [2.05, 4.69) is 0 Å². The molecule has 0 spiro atoms. The minimum absolute atomic E-state index is 0.00390. The van der Waals surface area contributed by atoms with Crippen molar-refractivity contribution in [2.75, 3.05) is 13.2 Å². The summed E-state index contributed by atoms with van der Waals surface area (Å²) in [5, 5.41) is 19.0. The van der Waals surface area contributed by atoms with E-state index in [1.54, 1.807) is 0 Å². The van der Waals surface area contributed by atoms with Crippen LogP contribution in [0.25, 0.3) is 0 Å². The van der Waals surface area contributed by atoms with E-state index in [0.717, 1.165) is 33.4 Å². The average Bonchev–Trinajstić information content (AvgIpc) is 1.63. The van der Waals surface area contributed by atoms with Crippen LogP contribution in [-0.2, 0) is 95.7 Å². The minimum Gasteiger partial charge on any atom is -0.482 e. The molecule has 2 fully saturated rings. The normalized spacial score (nSPS) is 13.0. The van der Waals surface area contributed by atoms with Crippen molar-refractivity contribution in [3.63, 3.8) is 0 Å². The lowest BCUT2D eigenvalue weighted by molar-refractivity contribution is -0.173. The first-order chi connectivity index (χ1) is 45.3. The molecule has 2 unspecified atom stereocenters. The van der Waals surface area contributed by atoms with E-state index in [9.17, 15) is 43.5 Å². The van der Waals surface area contributed by atoms with Crippen molar-refractivity contribution in [3.05, 3.63) is 272 Å². The maximum atomic E-state index is 13.6. The van der Waals surface area contributed by atoms with Crippen molar-refractivity contribution >= 4 is 35.6 Å². The van der Waals surface area contributed by atoms with Crippen molar-refractivity contribution in [3.8, 4) is 11.5 Å². The molecular weight excluding hydrogens is 1190 g/mol. The maximum Gasteiger partial charge on any atom is 0.384 e. The van der Waals surface area contributed by atoms with Crippen LogP contribution in [0.1, 0.15) is 108 Å². The number of benzene rings is 6. The van der Waals surface area contributed by atoms with Gasteiger partial charge < -0.3 is 47.5 Å². The molecule has 93 heavy (non-hydrogen) atoms. The highest BCUT2D eigenvalue weighted by Crippen LogP contribution is 2.23. The van der Waals surface area contributed by atoms with E-state index in [0.29, 0.717) is 24.9 Å². The number of aromatic carboxylic acids is 1. The number of carboxylic acids is 1. The number of imide groups is 2. The lowest BCUT2D eigenvalue weighted by atomic mass is 10.2. The smallest absolute Gasteiger partial charge is 0.384 e. The fraction of sp³-hybridized carbons (Fsp3) is 0.278. The molecule has 4 heterocycles. The molecule has 21 heteroatoms. The number of carbonyl (C=O) groups is 6. The third-order valence-corrected chi connectivity index (χ3v) is 13.6. The van der Waals surface area contributed by atoms with Gasteiger partial charge in [0.05, 0.1) is 64.9 Å². The van der Waals surface area contributed by atoms with Crippen molar-refractivity contribution in [1.29, 1.82) is 0 Å². The number of hydrogen-bond donors (Lipinski definition) is 2. The van der Waals surface area contributed by atoms with Crippen molar-refractivity contribution in [1.82, 2.24) is 19.3 Å². The number of rotatable bonds is 27. The summed E-state index contributed by atoms with van der Waals surface area (Å²) >= 11 is 0.